The highest BCUT2D eigenvalue weighted by atomic mass is 16.7. The Kier molecular flexibility index (Phi) is 3.23. The van der Waals surface area contributed by atoms with Crippen molar-refractivity contribution in [3.63, 3.8) is 0 Å². The molecule has 4 N–H and O–H groups in total. The standard InChI is InChI=1S/C7H14O6/c1-12-7(11)3-13-4(2-8)5(9)6(7)10/h4-6,8-11H,2-3H2,1H3/t4-,5-,6+,7?/m1/s1. The lowest BCUT2D eigenvalue weighted by atomic mass is 9.97. The first-order valence-corrected chi connectivity index (χ1v) is 3.91. The van der Waals surface area contributed by atoms with E-state index in [9.17, 15) is 15.3 Å². The van der Waals surface area contributed by atoms with Gasteiger partial charge in [-0.1, -0.05) is 0 Å². The summed E-state index contributed by atoms with van der Waals surface area (Å²) in [7, 11) is 1.19. The molecule has 0 aliphatic carbocycles. The Balaban J connectivity index is 2.69. The molecule has 1 fully saturated rings. The quantitative estimate of drug-likeness (QED) is 0.361. The van der Waals surface area contributed by atoms with Gasteiger partial charge in [0.2, 0.25) is 5.79 Å². The predicted octanol–water partition coefficient (Wildman–Crippen LogP) is -2.57. The predicted molar refractivity (Wildman–Crippen MR) is 40.8 cm³/mol. The van der Waals surface area contributed by atoms with E-state index in [2.05, 4.69) is 4.74 Å². The number of hydrogen-bond donors (Lipinski definition) is 4. The summed E-state index contributed by atoms with van der Waals surface area (Å²) >= 11 is 0. The van der Waals surface area contributed by atoms with Crippen molar-refractivity contribution < 1.29 is 29.9 Å². The molecule has 0 radical (unpaired) electrons. The van der Waals surface area contributed by atoms with Crippen LogP contribution in [0.15, 0.2) is 0 Å². The van der Waals surface area contributed by atoms with Gasteiger partial charge in [-0.3, -0.25) is 0 Å². The van der Waals surface area contributed by atoms with Crippen LogP contribution in [0.2, 0.25) is 0 Å². The third-order valence-electron chi connectivity index (χ3n) is 2.20. The van der Waals surface area contributed by atoms with Gasteiger partial charge in [-0.15, -0.1) is 0 Å². The van der Waals surface area contributed by atoms with Crippen molar-refractivity contribution in [2.75, 3.05) is 20.3 Å². The van der Waals surface area contributed by atoms with Crippen molar-refractivity contribution in [2.24, 2.45) is 0 Å². The van der Waals surface area contributed by atoms with Gasteiger partial charge in [0, 0.05) is 7.11 Å². The molecule has 1 heterocycles. The Labute approximate surface area is 75.3 Å². The minimum absolute atomic E-state index is 0.285. The van der Waals surface area contributed by atoms with E-state index < -0.39 is 30.7 Å². The van der Waals surface area contributed by atoms with Crippen LogP contribution in [0.5, 0.6) is 0 Å². The summed E-state index contributed by atoms with van der Waals surface area (Å²) < 4.78 is 9.47. The second-order valence-electron chi connectivity index (χ2n) is 3.02. The minimum Gasteiger partial charge on any atom is -0.394 e. The van der Waals surface area contributed by atoms with Gasteiger partial charge in [-0.05, 0) is 0 Å². The Hall–Kier alpha value is -0.240. The van der Waals surface area contributed by atoms with E-state index in [4.69, 9.17) is 9.84 Å². The molecule has 0 amide bonds. The zero-order chi connectivity index (χ0) is 10.1. The second-order valence-corrected chi connectivity index (χ2v) is 3.02. The molecule has 0 spiro atoms. The first-order chi connectivity index (χ1) is 6.05. The van der Waals surface area contributed by atoms with Gasteiger partial charge in [-0.25, -0.2) is 0 Å². The molecule has 0 aromatic heterocycles. The molecule has 6 heteroatoms. The first-order valence-electron chi connectivity index (χ1n) is 3.91. The van der Waals surface area contributed by atoms with Crippen LogP contribution in [0, 0.1) is 0 Å². The van der Waals surface area contributed by atoms with Crippen LogP contribution >= 0.6 is 0 Å². The van der Waals surface area contributed by atoms with E-state index in [1.807, 2.05) is 0 Å². The maximum Gasteiger partial charge on any atom is 0.218 e. The van der Waals surface area contributed by atoms with Gasteiger partial charge in [0.25, 0.3) is 0 Å². The van der Waals surface area contributed by atoms with E-state index in [0.29, 0.717) is 0 Å². The van der Waals surface area contributed by atoms with Crippen molar-refractivity contribution in [1.29, 1.82) is 0 Å². The van der Waals surface area contributed by atoms with Crippen molar-refractivity contribution in [1.82, 2.24) is 0 Å². The van der Waals surface area contributed by atoms with Crippen molar-refractivity contribution in [3.05, 3.63) is 0 Å². The fourth-order valence-corrected chi connectivity index (χ4v) is 1.22. The molecule has 6 nitrogen and oxygen atoms in total. The number of hydrogen-bond acceptors (Lipinski definition) is 6. The molecule has 0 aromatic rings. The van der Waals surface area contributed by atoms with Crippen LogP contribution in [-0.4, -0.2) is 64.8 Å². The molecule has 1 rings (SSSR count). The van der Waals surface area contributed by atoms with Gasteiger partial charge < -0.3 is 29.9 Å². The third-order valence-corrected chi connectivity index (χ3v) is 2.20. The summed E-state index contributed by atoms with van der Waals surface area (Å²) in [5.41, 5.74) is 0. The van der Waals surface area contributed by atoms with Crippen LogP contribution in [-0.2, 0) is 9.47 Å². The fourth-order valence-electron chi connectivity index (χ4n) is 1.22. The highest BCUT2D eigenvalue weighted by Gasteiger charge is 2.48. The molecule has 13 heavy (non-hydrogen) atoms. The molecule has 4 atom stereocenters. The number of aliphatic hydroxyl groups is 4. The monoisotopic (exact) mass is 194 g/mol. The molecule has 1 aliphatic rings. The van der Waals surface area contributed by atoms with Crippen LogP contribution in [0.3, 0.4) is 0 Å². The topological polar surface area (TPSA) is 99.4 Å². The van der Waals surface area contributed by atoms with Gasteiger partial charge in [-0.2, -0.15) is 0 Å². The van der Waals surface area contributed by atoms with E-state index in [-0.39, 0.29) is 6.61 Å². The number of rotatable bonds is 2. The van der Waals surface area contributed by atoms with Crippen LogP contribution < -0.4 is 0 Å². The SMILES string of the molecule is COC1(O)CO[C@H](CO)[C@@H](O)[C@@H]1O. The maximum absolute atomic E-state index is 9.49. The largest absolute Gasteiger partial charge is 0.394 e. The van der Waals surface area contributed by atoms with Crippen molar-refractivity contribution >= 4 is 0 Å². The van der Waals surface area contributed by atoms with Crippen LogP contribution in [0.25, 0.3) is 0 Å². The van der Waals surface area contributed by atoms with Gasteiger partial charge in [0.05, 0.1) is 6.61 Å². The average molecular weight is 194 g/mol. The lowest BCUT2D eigenvalue weighted by Crippen LogP contribution is -2.62. The zero-order valence-electron chi connectivity index (χ0n) is 7.25. The van der Waals surface area contributed by atoms with E-state index in [1.54, 1.807) is 0 Å². The summed E-state index contributed by atoms with van der Waals surface area (Å²) in [5, 5.41) is 36.9. The Morgan fingerprint density at radius 1 is 1.54 bits per heavy atom. The normalized spacial score (nSPS) is 46.4. The molecule has 78 valence electrons. The smallest absolute Gasteiger partial charge is 0.218 e. The second kappa shape index (κ2) is 3.87. The molecule has 0 bridgehead atoms. The average Bonchev–Trinajstić information content (AvgIpc) is 2.15. The van der Waals surface area contributed by atoms with Crippen molar-refractivity contribution in [2.45, 2.75) is 24.1 Å². The number of methoxy groups -OCH3 is 1. The molecule has 1 saturated heterocycles. The highest BCUT2D eigenvalue weighted by Crippen LogP contribution is 2.24. The Morgan fingerprint density at radius 3 is 2.62 bits per heavy atom. The third kappa shape index (κ3) is 1.83. The zero-order valence-corrected chi connectivity index (χ0v) is 7.25. The van der Waals surface area contributed by atoms with Gasteiger partial charge >= 0.3 is 0 Å². The van der Waals surface area contributed by atoms with E-state index in [0.717, 1.165) is 0 Å². The minimum atomic E-state index is -1.90. The number of ether oxygens (including phenoxy) is 2. The maximum atomic E-state index is 9.49. The van der Waals surface area contributed by atoms with E-state index >= 15 is 0 Å². The molecule has 1 unspecified atom stereocenters. The van der Waals surface area contributed by atoms with Crippen molar-refractivity contribution in [3.8, 4) is 0 Å². The lowest BCUT2D eigenvalue weighted by molar-refractivity contribution is -0.329. The summed E-state index contributed by atoms with van der Waals surface area (Å²) in [5.74, 6) is -1.90. The summed E-state index contributed by atoms with van der Waals surface area (Å²) in [4.78, 5) is 0. The molecule has 0 saturated carbocycles. The summed E-state index contributed by atoms with van der Waals surface area (Å²) in [6.07, 6.45) is -3.72. The lowest BCUT2D eigenvalue weighted by Gasteiger charge is -2.41. The van der Waals surface area contributed by atoms with Gasteiger partial charge in [0.15, 0.2) is 0 Å². The Bertz CT molecular complexity index is 174. The summed E-state index contributed by atoms with van der Waals surface area (Å²) in [6, 6.07) is 0. The molecule has 1 aliphatic heterocycles. The summed E-state index contributed by atoms with van der Waals surface area (Å²) in [6.45, 7) is -0.703. The number of aliphatic hydroxyl groups excluding tert-OH is 3. The fraction of sp³-hybridized carbons (Fsp3) is 1.00. The Morgan fingerprint density at radius 2 is 2.15 bits per heavy atom. The molecular weight excluding hydrogens is 180 g/mol. The first kappa shape index (κ1) is 10.8. The molecule has 0 aromatic carbocycles. The van der Waals surface area contributed by atoms with Crippen LogP contribution in [0.4, 0.5) is 0 Å². The van der Waals surface area contributed by atoms with Gasteiger partial charge in [0.1, 0.15) is 24.9 Å². The van der Waals surface area contributed by atoms with Crippen LogP contribution in [0.1, 0.15) is 0 Å². The molecular formula is C7H14O6. The highest BCUT2D eigenvalue weighted by molar-refractivity contribution is 4.91. The van der Waals surface area contributed by atoms with E-state index in [1.165, 1.54) is 7.11 Å².